The Labute approximate surface area is 271 Å². The number of nitrogens with zero attached hydrogens (tertiary/aromatic N) is 3. The molecule has 2 aromatic carbocycles. The number of halogens is 1. The Hall–Kier alpha value is -3.46. The SMILES string of the molecule is C=CCN(CCC)C(=O)[C@@H]1[C@H]2C(=O)N([C@H](CO)c3ccccc3)C(C(=O)N(CC=C)c3c(C)cccc3Cl)C23CC(C)[C@@]1(C)O3. The Bertz CT molecular complexity index is 1460. The lowest BCUT2D eigenvalue weighted by Gasteiger charge is -2.40. The van der Waals surface area contributed by atoms with Gasteiger partial charge in [-0.25, -0.2) is 0 Å². The number of hydrogen-bond donors (Lipinski definition) is 1. The molecule has 1 N–H and O–H groups in total. The maximum absolute atomic E-state index is 15.2. The summed E-state index contributed by atoms with van der Waals surface area (Å²) in [6.07, 6.45) is 4.46. The van der Waals surface area contributed by atoms with Crippen molar-refractivity contribution in [1.82, 2.24) is 9.80 Å². The van der Waals surface area contributed by atoms with Gasteiger partial charge in [-0.2, -0.15) is 0 Å². The maximum atomic E-state index is 15.2. The number of para-hydroxylation sites is 1. The Morgan fingerprint density at radius 2 is 1.82 bits per heavy atom. The molecule has 3 heterocycles. The van der Waals surface area contributed by atoms with E-state index in [4.69, 9.17) is 16.3 Å². The van der Waals surface area contributed by atoms with Crippen LogP contribution in [0.15, 0.2) is 73.8 Å². The molecule has 7 atom stereocenters. The number of carbonyl (C=O) groups excluding carboxylic acids is 3. The number of likely N-dealkylation sites (tertiary alicyclic amines) is 1. The topological polar surface area (TPSA) is 90.4 Å². The normalized spacial score (nSPS) is 28.9. The van der Waals surface area contributed by atoms with E-state index < -0.39 is 47.6 Å². The van der Waals surface area contributed by atoms with E-state index in [1.165, 1.54) is 4.90 Å². The molecule has 3 aliphatic rings. The van der Waals surface area contributed by atoms with Gasteiger partial charge in [-0.3, -0.25) is 14.4 Å². The number of carbonyl (C=O) groups is 3. The molecule has 0 aromatic heterocycles. The van der Waals surface area contributed by atoms with Crippen LogP contribution in [0.5, 0.6) is 0 Å². The number of aryl methyl sites for hydroxylation is 1. The summed E-state index contributed by atoms with van der Waals surface area (Å²) in [6.45, 7) is 16.1. The number of aliphatic hydroxyl groups is 1. The summed E-state index contributed by atoms with van der Waals surface area (Å²) in [5.41, 5.74) is -0.279. The number of benzene rings is 2. The third kappa shape index (κ3) is 5.11. The lowest BCUT2D eigenvalue weighted by atomic mass is 9.62. The molecular weight excluding hydrogens is 590 g/mol. The van der Waals surface area contributed by atoms with Gasteiger partial charge in [-0.05, 0) is 49.8 Å². The molecule has 3 fully saturated rings. The first-order valence-electron chi connectivity index (χ1n) is 15.8. The van der Waals surface area contributed by atoms with E-state index in [0.717, 1.165) is 12.0 Å². The molecule has 1 spiro atoms. The van der Waals surface area contributed by atoms with Crippen LogP contribution in [0.4, 0.5) is 5.69 Å². The van der Waals surface area contributed by atoms with Crippen LogP contribution in [0.1, 0.15) is 50.8 Å². The Morgan fingerprint density at radius 1 is 1.13 bits per heavy atom. The van der Waals surface area contributed by atoms with Crippen molar-refractivity contribution in [2.45, 2.75) is 63.8 Å². The van der Waals surface area contributed by atoms with Crippen molar-refractivity contribution in [3.8, 4) is 0 Å². The molecule has 8 nitrogen and oxygen atoms in total. The number of rotatable bonds is 12. The third-order valence-corrected chi connectivity index (χ3v) is 10.4. The van der Waals surface area contributed by atoms with Gasteiger partial charge in [0, 0.05) is 19.6 Å². The Balaban J connectivity index is 1.72. The third-order valence-electron chi connectivity index (χ3n) is 10.1. The first-order valence-corrected chi connectivity index (χ1v) is 16.1. The van der Waals surface area contributed by atoms with Gasteiger partial charge < -0.3 is 24.5 Å². The van der Waals surface area contributed by atoms with Gasteiger partial charge in [0.05, 0.1) is 40.8 Å². The zero-order chi connectivity index (χ0) is 32.7. The molecule has 3 amide bonds. The van der Waals surface area contributed by atoms with Crippen LogP contribution in [-0.4, -0.2) is 76.1 Å². The minimum atomic E-state index is -1.30. The first kappa shape index (κ1) is 32.9. The van der Waals surface area contributed by atoms with Gasteiger partial charge in [-0.1, -0.05) is 80.1 Å². The first-order chi connectivity index (χ1) is 21.5. The molecule has 240 valence electrons. The molecule has 3 unspecified atom stereocenters. The van der Waals surface area contributed by atoms with Crippen LogP contribution in [0, 0.1) is 24.7 Å². The zero-order valence-electron chi connectivity index (χ0n) is 26.6. The van der Waals surface area contributed by atoms with E-state index >= 15 is 4.79 Å². The van der Waals surface area contributed by atoms with Gasteiger partial charge in [-0.15, -0.1) is 13.2 Å². The van der Waals surface area contributed by atoms with Crippen molar-refractivity contribution in [3.63, 3.8) is 0 Å². The van der Waals surface area contributed by atoms with Crippen LogP contribution in [0.3, 0.4) is 0 Å². The van der Waals surface area contributed by atoms with Gasteiger partial charge >= 0.3 is 0 Å². The largest absolute Gasteiger partial charge is 0.394 e. The quantitative estimate of drug-likeness (QED) is 0.319. The molecule has 0 aliphatic carbocycles. The molecule has 2 aromatic rings. The lowest BCUT2D eigenvalue weighted by molar-refractivity contribution is -0.153. The van der Waals surface area contributed by atoms with Gasteiger partial charge in [0.2, 0.25) is 11.8 Å². The smallest absolute Gasteiger partial charge is 0.253 e. The highest BCUT2D eigenvalue weighted by Gasteiger charge is 2.80. The number of hydrogen-bond acceptors (Lipinski definition) is 5. The van der Waals surface area contributed by atoms with Crippen molar-refractivity contribution in [1.29, 1.82) is 0 Å². The minimum Gasteiger partial charge on any atom is -0.394 e. The fourth-order valence-electron chi connectivity index (χ4n) is 8.14. The summed E-state index contributed by atoms with van der Waals surface area (Å²) in [7, 11) is 0. The number of fused-ring (bicyclic) bond motifs is 1. The number of anilines is 1. The molecule has 0 radical (unpaired) electrons. The van der Waals surface area contributed by atoms with Crippen LogP contribution in [-0.2, 0) is 19.1 Å². The van der Waals surface area contributed by atoms with Crippen molar-refractivity contribution in [2.75, 3.05) is 31.1 Å². The van der Waals surface area contributed by atoms with E-state index in [1.807, 2.05) is 70.2 Å². The summed E-state index contributed by atoms with van der Waals surface area (Å²) >= 11 is 6.72. The van der Waals surface area contributed by atoms with Crippen molar-refractivity contribution >= 4 is 35.0 Å². The second-order valence-corrected chi connectivity index (χ2v) is 13.2. The highest BCUT2D eigenvalue weighted by atomic mass is 35.5. The van der Waals surface area contributed by atoms with Crippen LogP contribution in [0.2, 0.25) is 5.02 Å². The molecule has 3 saturated heterocycles. The van der Waals surface area contributed by atoms with E-state index in [-0.39, 0.29) is 24.3 Å². The Kier molecular flexibility index (Phi) is 9.32. The van der Waals surface area contributed by atoms with E-state index in [9.17, 15) is 14.7 Å². The summed E-state index contributed by atoms with van der Waals surface area (Å²) in [4.78, 5) is 49.3. The molecule has 2 bridgehead atoms. The summed E-state index contributed by atoms with van der Waals surface area (Å²) in [6, 6.07) is 12.6. The fraction of sp³-hybridized carbons (Fsp3) is 0.472. The predicted octanol–water partition coefficient (Wildman–Crippen LogP) is 5.34. The molecule has 5 rings (SSSR count). The zero-order valence-corrected chi connectivity index (χ0v) is 27.4. The molecule has 9 heteroatoms. The van der Waals surface area contributed by atoms with Crippen LogP contribution >= 0.6 is 11.6 Å². The van der Waals surface area contributed by atoms with Gasteiger partial charge in [0.25, 0.3) is 5.91 Å². The second-order valence-electron chi connectivity index (χ2n) is 12.8. The van der Waals surface area contributed by atoms with Crippen molar-refractivity contribution in [2.24, 2.45) is 17.8 Å². The maximum Gasteiger partial charge on any atom is 0.253 e. The molecule has 3 aliphatic heterocycles. The molecular formula is C36H44ClN3O5. The summed E-state index contributed by atoms with van der Waals surface area (Å²) < 4.78 is 6.99. The highest BCUT2D eigenvalue weighted by Crippen LogP contribution is 2.66. The lowest BCUT2D eigenvalue weighted by Crippen LogP contribution is -2.58. The monoisotopic (exact) mass is 633 g/mol. The fourth-order valence-corrected chi connectivity index (χ4v) is 8.47. The average Bonchev–Trinajstić information content (AvgIpc) is 3.53. The summed E-state index contributed by atoms with van der Waals surface area (Å²) in [5.74, 6) is -2.79. The van der Waals surface area contributed by atoms with Crippen molar-refractivity contribution < 1.29 is 24.2 Å². The minimum absolute atomic E-state index is 0.128. The highest BCUT2D eigenvalue weighted by molar-refractivity contribution is 6.34. The second kappa shape index (κ2) is 12.7. The summed E-state index contributed by atoms with van der Waals surface area (Å²) in [5, 5.41) is 11.2. The predicted molar refractivity (Wildman–Crippen MR) is 176 cm³/mol. The standard InChI is InChI=1S/C36H44ClN3O5/c1-7-18-38(19-8-2)32(42)28-29-33(43)40(27(22-41)25-15-11-10-12-16-25)31(36(29)21-24(5)35(28,6)45-36)34(44)39(20-9-3)30-23(4)14-13-17-26(30)37/h7,9-17,24,27-29,31,41H,1,3,8,18-22H2,2,4-6H3/t24?,27-,28+,29+,31?,35-,36?/m1/s1. The number of ether oxygens (including phenoxy) is 1. The Morgan fingerprint density at radius 3 is 2.42 bits per heavy atom. The van der Waals surface area contributed by atoms with Gasteiger partial charge in [0.1, 0.15) is 11.6 Å². The molecule has 0 saturated carbocycles. The number of amides is 3. The van der Waals surface area contributed by atoms with Crippen LogP contribution < -0.4 is 4.90 Å². The molecule has 45 heavy (non-hydrogen) atoms. The van der Waals surface area contributed by atoms with Gasteiger partial charge in [0.15, 0.2) is 0 Å². The van der Waals surface area contributed by atoms with Crippen molar-refractivity contribution in [3.05, 3.63) is 90.0 Å². The number of aliphatic hydroxyl groups excluding tert-OH is 1. The van der Waals surface area contributed by atoms with E-state index in [0.29, 0.717) is 35.8 Å². The average molecular weight is 634 g/mol. The van der Waals surface area contributed by atoms with Crippen LogP contribution in [0.25, 0.3) is 0 Å². The van der Waals surface area contributed by atoms with E-state index in [1.54, 1.807) is 28.0 Å². The van der Waals surface area contributed by atoms with E-state index in [2.05, 4.69) is 13.2 Å².